The molecule has 0 aromatic heterocycles. The Morgan fingerprint density at radius 2 is 1.22 bits per heavy atom. The summed E-state index contributed by atoms with van der Waals surface area (Å²) in [7, 11) is 0. The van der Waals surface area contributed by atoms with E-state index in [1.165, 1.54) is 0 Å². The lowest BCUT2D eigenvalue weighted by molar-refractivity contribution is 0.0369. The van der Waals surface area contributed by atoms with E-state index in [9.17, 15) is 4.79 Å². The molecule has 2 N–H and O–H groups in total. The van der Waals surface area contributed by atoms with Gasteiger partial charge in [-0.1, -0.05) is 40.5 Å². The fourth-order valence-corrected chi connectivity index (χ4v) is 0.698. The van der Waals surface area contributed by atoms with Crippen LogP contribution in [-0.2, 0) is 9.47 Å². The lowest BCUT2D eigenvalue weighted by Crippen LogP contribution is -2.15. The summed E-state index contributed by atoms with van der Waals surface area (Å²) >= 11 is 0. The zero-order valence-corrected chi connectivity index (χ0v) is 11.5. The zero-order valence-electron chi connectivity index (χ0n) is 11.5. The van der Waals surface area contributed by atoms with Gasteiger partial charge in [0, 0.05) is 0 Å². The molecule has 0 amide bonds. The second kappa shape index (κ2) is 12.0. The highest BCUT2D eigenvalue weighted by Gasteiger charge is 2.08. The van der Waals surface area contributed by atoms with Crippen LogP contribution in [-0.4, -0.2) is 35.7 Å². The first-order valence-corrected chi connectivity index (χ1v) is 6.04. The van der Waals surface area contributed by atoms with Gasteiger partial charge in [0.15, 0.2) is 0 Å². The van der Waals surface area contributed by atoms with Crippen molar-refractivity contribution in [3.63, 3.8) is 0 Å². The van der Waals surface area contributed by atoms with Gasteiger partial charge < -0.3 is 19.7 Å². The number of carbonyl (C=O) groups is 2. The summed E-state index contributed by atoms with van der Waals surface area (Å²) in [4.78, 5) is 19.6. The van der Waals surface area contributed by atoms with Crippen LogP contribution < -0.4 is 0 Å². The molecule has 0 aliphatic rings. The summed E-state index contributed by atoms with van der Waals surface area (Å²) < 4.78 is 9.86. The summed E-state index contributed by atoms with van der Waals surface area (Å²) in [6.07, 6.45) is -0.345. The van der Waals surface area contributed by atoms with Gasteiger partial charge in [0.1, 0.15) is 0 Å². The molecule has 0 aliphatic heterocycles. The number of hydrogen-bond acceptors (Lipinski definition) is 4. The Labute approximate surface area is 108 Å². The molecular weight excluding hydrogens is 240 g/mol. The Hall–Kier alpha value is -1.46. The number of carbonyl (C=O) groups excluding carboxylic acids is 1. The van der Waals surface area contributed by atoms with Crippen molar-refractivity contribution in [1.29, 1.82) is 0 Å². The monoisotopic (exact) mass is 264 g/mol. The maximum absolute atomic E-state index is 11.0. The van der Waals surface area contributed by atoms with E-state index in [4.69, 9.17) is 24.5 Å². The molecule has 0 aliphatic carbocycles. The first-order valence-electron chi connectivity index (χ1n) is 6.04. The molecule has 0 aromatic rings. The SMILES string of the molecule is CCC(C)COC(=O)OCC(C)CC.O=C(O)O. The minimum absolute atomic E-state index is 0.408. The standard InChI is InChI=1S/C11H22O3.CH2O3/c1-5-9(3)7-13-11(12)14-8-10(4)6-2;2-1(3)4/h9-10H,5-8H2,1-4H3;(H2,2,3,4). The van der Waals surface area contributed by atoms with Crippen LogP contribution in [0.15, 0.2) is 0 Å². The zero-order chi connectivity index (χ0) is 14.6. The van der Waals surface area contributed by atoms with Gasteiger partial charge >= 0.3 is 12.3 Å². The van der Waals surface area contributed by atoms with Gasteiger partial charge in [-0.05, 0) is 11.8 Å². The van der Waals surface area contributed by atoms with Crippen LogP contribution in [0.3, 0.4) is 0 Å². The van der Waals surface area contributed by atoms with Gasteiger partial charge in [-0.25, -0.2) is 9.59 Å². The highest BCUT2D eigenvalue weighted by atomic mass is 16.7. The molecule has 6 nitrogen and oxygen atoms in total. The highest BCUT2D eigenvalue weighted by molar-refractivity contribution is 5.59. The minimum Gasteiger partial charge on any atom is -0.450 e. The van der Waals surface area contributed by atoms with Crippen molar-refractivity contribution in [2.45, 2.75) is 40.5 Å². The van der Waals surface area contributed by atoms with E-state index in [2.05, 4.69) is 13.8 Å². The van der Waals surface area contributed by atoms with Gasteiger partial charge in [0.05, 0.1) is 13.2 Å². The van der Waals surface area contributed by atoms with Crippen LogP contribution in [0.4, 0.5) is 9.59 Å². The van der Waals surface area contributed by atoms with Crippen LogP contribution in [0.25, 0.3) is 0 Å². The molecular formula is C12H24O6. The van der Waals surface area contributed by atoms with Crippen molar-refractivity contribution in [2.24, 2.45) is 11.8 Å². The lowest BCUT2D eigenvalue weighted by atomic mass is 10.1. The molecule has 0 heterocycles. The molecule has 18 heavy (non-hydrogen) atoms. The molecule has 2 atom stereocenters. The molecule has 0 saturated carbocycles. The van der Waals surface area contributed by atoms with E-state index in [0.717, 1.165) is 12.8 Å². The predicted molar refractivity (Wildman–Crippen MR) is 66.9 cm³/mol. The van der Waals surface area contributed by atoms with E-state index in [-0.39, 0.29) is 0 Å². The predicted octanol–water partition coefficient (Wildman–Crippen LogP) is 3.45. The Balaban J connectivity index is 0. The summed E-state index contributed by atoms with van der Waals surface area (Å²) in [6.45, 7) is 9.13. The van der Waals surface area contributed by atoms with Gasteiger partial charge in [-0.2, -0.15) is 0 Å². The molecule has 0 saturated heterocycles. The normalized spacial score (nSPS) is 12.7. The molecule has 0 fully saturated rings. The largest absolute Gasteiger partial charge is 0.508 e. The first-order chi connectivity index (χ1) is 8.33. The van der Waals surface area contributed by atoms with Crippen molar-refractivity contribution in [2.75, 3.05) is 13.2 Å². The van der Waals surface area contributed by atoms with Crippen molar-refractivity contribution in [3.05, 3.63) is 0 Å². The van der Waals surface area contributed by atoms with Gasteiger partial charge in [-0.3, -0.25) is 0 Å². The maximum atomic E-state index is 11.0. The van der Waals surface area contributed by atoms with Crippen LogP contribution in [0.2, 0.25) is 0 Å². The molecule has 6 heteroatoms. The van der Waals surface area contributed by atoms with Gasteiger partial charge in [-0.15, -0.1) is 0 Å². The fourth-order valence-electron chi connectivity index (χ4n) is 0.698. The number of ether oxygens (including phenoxy) is 2. The average Bonchev–Trinajstić information content (AvgIpc) is 2.31. The van der Waals surface area contributed by atoms with Crippen molar-refractivity contribution in [1.82, 2.24) is 0 Å². The van der Waals surface area contributed by atoms with Crippen molar-refractivity contribution < 1.29 is 29.3 Å². The molecule has 0 rings (SSSR count). The smallest absolute Gasteiger partial charge is 0.450 e. The molecule has 0 aromatic carbocycles. The van der Waals surface area contributed by atoms with Crippen LogP contribution in [0.5, 0.6) is 0 Å². The Bertz CT molecular complexity index is 209. The van der Waals surface area contributed by atoms with Crippen LogP contribution in [0.1, 0.15) is 40.5 Å². The second-order valence-corrected chi connectivity index (χ2v) is 4.18. The maximum Gasteiger partial charge on any atom is 0.508 e. The Morgan fingerprint density at radius 3 is 1.44 bits per heavy atom. The third-order valence-electron chi connectivity index (χ3n) is 2.37. The quantitative estimate of drug-likeness (QED) is 0.713. The highest BCUT2D eigenvalue weighted by Crippen LogP contribution is 2.04. The van der Waals surface area contributed by atoms with Gasteiger partial charge in [0.25, 0.3) is 0 Å². The second-order valence-electron chi connectivity index (χ2n) is 4.18. The van der Waals surface area contributed by atoms with Crippen LogP contribution >= 0.6 is 0 Å². The van der Waals surface area contributed by atoms with E-state index in [0.29, 0.717) is 25.0 Å². The van der Waals surface area contributed by atoms with Crippen LogP contribution in [0, 0.1) is 11.8 Å². The third-order valence-corrected chi connectivity index (χ3v) is 2.37. The molecule has 2 unspecified atom stereocenters. The first kappa shape index (κ1) is 18.9. The minimum atomic E-state index is -1.83. The van der Waals surface area contributed by atoms with E-state index in [1.54, 1.807) is 0 Å². The van der Waals surface area contributed by atoms with Crippen molar-refractivity contribution >= 4 is 12.3 Å². The summed E-state index contributed by atoms with van der Waals surface area (Å²) in [5, 5.41) is 13.9. The van der Waals surface area contributed by atoms with Crippen molar-refractivity contribution in [3.8, 4) is 0 Å². The topological polar surface area (TPSA) is 93.1 Å². The Morgan fingerprint density at radius 1 is 0.944 bits per heavy atom. The molecule has 0 bridgehead atoms. The Kier molecular flexibility index (Phi) is 12.6. The summed E-state index contributed by atoms with van der Waals surface area (Å²) in [5.41, 5.74) is 0. The summed E-state index contributed by atoms with van der Waals surface area (Å²) in [5.74, 6) is 0.817. The third kappa shape index (κ3) is 17.0. The fraction of sp³-hybridized carbons (Fsp3) is 0.833. The van der Waals surface area contributed by atoms with E-state index < -0.39 is 12.3 Å². The molecule has 108 valence electrons. The number of rotatable bonds is 6. The molecule has 0 spiro atoms. The lowest BCUT2D eigenvalue weighted by Gasteiger charge is -2.11. The van der Waals surface area contributed by atoms with E-state index >= 15 is 0 Å². The number of hydrogen-bond donors (Lipinski definition) is 2. The van der Waals surface area contributed by atoms with E-state index in [1.807, 2.05) is 13.8 Å². The summed E-state index contributed by atoms with van der Waals surface area (Å²) in [6, 6.07) is 0. The molecule has 0 radical (unpaired) electrons. The number of carboxylic acid groups (broad SMARTS) is 2. The van der Waals surface area contributed by atoms with Gasteiger partial charge in [0.2, 0.25) is 0 Å². The average molecular weight is 264 g/mol.